The highest BCUT2D eigenvalue weighted by Gasteiger charge is 2.48. The van der Waals surface area contributed by atoms with Crippen molar-refractivity contribution in [3.05, 3.63) is 53.6 Å². The lowest BCUT2D eigenvalue weighted by atomic mass is 9.90. The van der Waals surface area contributed by atoms with Crippen LogP contribution < -0.4 is 9.47 Å². The third-order valence-electron chi connectivity index (χ3n) is 5.56. The second kappa shape index (κ2) is 8.72. The Morgan fingerprint density at radius 2 is 1.77 bits per heavy atom. The van der Waals surface area contributed by atoms with Crippen LogP contribution in [0.15, 0.2) is 42.5 Å². The van der Waals surface area contributed by atoms with Crippen molar-refractivity contribution in [2.24, 2.45) is 0 Å². The Bertz CT molecular complexity index is 929. The van der Waals surface area contributed by atoms with E-state index in [1.807, 2.05) is 18.2 Å². The molecule has 9 heteroatoms. The molecule has 2 heterocycles. The molecule has 6 atom stereocenters. The molecule has 0 aromatic heterocycles. The van der Waals surface area contributed by atoms with Gasteiger partial charge >= 0.3 is 5.97 Å². The number of carbonyl (C=O) groups excluding carboxylic acids is 1. The third kappa shape index (κ3) is 4.31. The van der Waals surface area contributed by atoms with E-state index in [1.54, 1.807) is 24.3 Å². The maximum Gasteiger partial charge on any atom is 0.337 e. The van der Waals surface area contributed by atoms with Crippen molar-refractivity contribution in [3.63, 3.8) is 0 Å². The summed E-state index contributed by atoms with van der Waals surface area (Å²) < 4.78 is 21.4. The number of esters is 1. The molecule has 0 amide bonds. The number of fused-ring (bicyclic) bond motifs is 1. The van der Waals surface area contributed by atoms with Crippen LogP contribution in [-0.4, -0.2) is 70.8 Å². The molecule has 4 N–H and O–H groups in total. The van der Waals surface area contributed by atoms with E-state index < -0.39 is 36.7 Å². The van der Waals surface area contributed by atoms with E-state index in [4.69, 9.17) is 14.2 Å². The van der Waals surface area contributed by atoms with E-state index in [9.17, 15) is 25.2 Å². The standard InChI is InChI=1S/C22H24O9/c1-28-21(27)20-18(25)17(24)19(26)22(31-20)30-15-7-4-12-8-13(10-29-16(12)9-15)11-2-5-14(23)6-3-11/h2-7,9,13,17-20,22-26H,8,10H2,1H3/t13-,17+,18+,19-,20+,22-/m1/s1. The van der Waals surface area contributed by atoms with E-state index in [2.05, 4.69) is 4.74 Å². The summed E-state index contributed by atoms with van der Waals surface area (Å²) in [6.07, 6.45) is -7.03. The normalized spacial score (nSPS) is 30.1. The van der Waals surface area contributed by atoms with Crippen LogP contribution in [0.3, 0.4) is 0 Å². The molecule has 2 aromatic carbocycles. The predicted molar refractivity (Wildman–Crippen MR) is 106 cm³/mol. The van der Waals surface area contributed by atoms with Gasteiger partial charge in [0.1, 0.15) is 35.6 Å². The van der Waals surface area contributed by atoms with Gasteiger partial charge in [-0.05, 0) is 35.7 Å². The maximum absolute atomic E-state index is 11.8. The van der Waals surface area contributed by atoms with E-state index in [0.29, 0.717) is 18.1 Å². The van der Waals surface area contributed by atoms with Crippen molar-refractivity contribution in [1.29, 1.82) is 0 Å². The van der Waals surface area contributed by atoms with E-state index >= 15 is 0 Å². The monoisotopic (exact) mass is 432 g/mol. The Labute approximate surface area is 178 Å². The lowest BCUT2D eigenvalue weighted by Crippen LogP contribution is -2.61. The van der Waals surface area contributed by atoms with Crippen molar-refractivity contribution >= 4 is 5.97 Å². The lowest BCUT2D eigenvalue weighted by molar-refractivity contribution is -0.271. The van der Waals surface area contributed by atoms with Crippen LogP contribution in [0.2, 0.25) is 0 Å². The highest BCUT2D eigenvalue weighted by atomic mass is 16.7. The van der Waals surface area contributed by atoms with Crippen molar-refractivity contribution in [1.82, 2.24) is 0 Å². The Hall–Kier alpha value is -2.85. The highest BCUT2D eigenvalue weighted by Crippen LogP contribution is 2.36. The number of aliphatic hydroxyl groups is 3. The Morgan fingerprint density at radius 1 is 1.03 bits per heavy atom. The molecule has 0 spiro atoms. The second-order valence-electron chi connectivity index (χ2n) is 7.61. The number of hydrogen-bond donors (Lipinski definition) is 4. The minimum absolute atomic E-state index is 0.140. The third-order valence-corrected chi connectivity index (χ3v) is 5.56. The first-order valence-electron chi connectivity index (χ1n) is 9.86. The summed E-state index contributed by atoms with van der Waals surface area (Å²) >= 11 is 0. The maximum atomic E-state index is 11.8. The number of phenolic OH excluding ortho intramolecular Hbond substituents is 1. The average Bonchev–Trinajstić information content (AvgIpc) is 2.79. The molecule has 0 aliphatic carbocycles. The summed E-state index contributed by atoms with van der Waals surface area (Å²) in [5, 5.41) is 39.7. The van der Waals surface area contributed by atoms with Crippen molar-refractivity contribution < 1.29 is 44.2 Å². The van der Waals surface area contributed by atoms with Gasteiger partial charge in [0.15, 0.2) is 6.10 Å². The van der Waals surface area contributed by atoms with Crippen LogP contribution >= 0.6 is 0 Å². The summed E-state index contributed by atoms with van der Waals surface area (Å²) in [6, 6.07) is 12.2. The van der Waals surface area contributed by atoms with Gasteiger partial charge in [0.05, 0.1) is 13.7 Å². The van der Waals surface area contributed by atoms with Gasteiger partial charge in [-0.1, -0.05) is 18.2 Å². The fraction of sp³-hybridized carbons (Fsp3) is 0.409. The van der Waals surface area contributed by atoms with Gasteiger partial charge in [-0.2, -0.15) is 0 Å². The molecule has 9 nitrogen and oxygen atoms in total. The summed E-state index contributed by atoms with van der Waals surface area (Å²) in [7, 11) is 1.12. The van der Waals surface area contributed by atoms with Gasteiger partial charge in [-0.3, -0.25) is 0 Å². The summed E-state index contributed by atoms with van der Waals surface area (Å²) in [5.41, 5.74) is 2.02. The van der Waals surface area contributed by atoms with Crippen molar-refractivity contribution in [2.45, 2.75) is 43.0 Å². The number of hydrogen-bond acceptors (Lipinski definition) is 9. The van der Waals surface area contributed by atoms with Gasteiger partial charge in [-0.15, -0.1) is 0 Å². The molecular weight excluding hydrogens is 408 g/mol. The fourth-order valence-electron chi connectivity index (χ4n) is 3.78. The molecular formula is C22H24O9. The number of benzene rings is 2. The highest BCUT2D eigenvalue weighted by molar-refractivity contribution is 5.75. The number of carbonyl (C=O) groups is 1. The predicted octanol–water partition coefficient (Wildman–Crippen LogP) is 0.470. The summed E-state index contributed by atoms with van der Waals surface area (Å²) in [5.74, 6) is 0.379. The zero-order valence-corrected chi connectivity index (χ0v) is 16.7. The van der Waals surface area contributed by atoms with Crippen LogP contribution in [0.1, 0.15) is 17.0 Å². The molecule has 4 rings (SSSR count). The molecule has 0 unspecified atom stereocenters. The van der Waals surface area contributed by atoms with E-state index in [-0.39, 0.29) is 11.7 Å². The van der Waals surface area contributed by atoms with Crippen LogP contribution in [0.5, 0.6) is 17.2 Å². The van der Waals surface area contributed by atoms with Gasteiger partial charge in [0.25, 0.3) is 0 Å². The first-order valence-corrected chi connectivity index (χ1v) is 9.86. The number of ether oxygens (including phenoxy) is 4. The van der Waals surface area contributed by atoms with Crippen LogP contribution in [0.25, 0.3) is 0 Å². The van der Waals surface area contributed by atoms with Gasteiger partial charge in [0, 0.05) is 12.0 Å². The van der Waals surface area contributed by atoms with Crippen molar-refractivity contribution in [3.8, 4) is 17.2 Å². The van der Waals surface area contributed by atoms with Gasteiger partial charge in [-0.25, -0.2) is 4.79 Å². The Kier molecular flexibility index (Phi) is 6.01. The molecule has 1 saturated heterocycles. The van der Waals surface area contributed by atoms with Gasteiger partial charge < -0.3 is 39.4 Å². The molecule has 0 radical (unpaired) electrons. The first kappa shape index (κ1) is 21.4. The number of rotatable bonds is 4. The second-order valence-corrected chi connectivity index (χ2v) is 7.61. The Balaban J connectivity index is 1.47. The van der Waals surface area contributed by atoms with Gasteiger partial charge in [0.2, 0.25) is 6.29 Å². The number of aromatic hydroxyl groups is 1. The van der Waals surface area contributed by atoms with Crippen LogP contribution in [-0.2, 0) is 20.7 Å². The summed E-state index contributed by atoms with van der Waals surface area (Å²) in [6.45, 7) is 0.444. The molecule has 2 aliphatic rings. The fourth-order valence-corrected chi connectivity index (χ4v) is 3.78. The topological polar surface area (TPSA) is 135 Å². The molecule has 166 valence electrons. The molecule has 0 bridgehead atoms. The molecule has 2 aliphatic heterocycles. The molecule has 2 aromatic rings. The van der Waals surface area contributed by atoms with Crippen LogP contribution in [0, 0.1) is 0 Å². The number of aliphatic hydroxyl groups excluding tert-OH is 3. The minimum atomic E-state index is -1.65. The summed E-state index contributed by atoms with van der Waals surface area (Å²) in [4.78, 5) is 11.8. The van der Waals surface area contributed by atoms with Crippen molar-refractivity contribution in [2.75, 3.05) is 13.7 Å². The molecule has 1 fully saturated rings. The zero-order valence-electron chi connectivity index (χ0n) is 16.7. The zero-order chi connectivity index (χ0) is 22.1. The quantitative estimate of drug-likeness (QED) is 0.509. The molecule has 0 saturated carbocycles. The Morgan fingerprint density at radius 3 is 2.48 bits per heavy atom. The number of phenols is 1. The smallest absolute Gasteiger partial charge is 0.337 e. The SMILES string of the molecule is COC(=O)[C@H]1O[C@@H](Oc2ccc3c(c2)OC[C@H](c2ccc(O)cc2)C3)[C@H](O)[C@@H](O)[C@@H]1O. The average molecular weight is 432 g/mol. The lowest BCUT2D eigenvalue weighted by Gasteiger charge is -2.39. The van der Waals surface area contributed by atoms with Crippen LogP contribution in [0.4, 0.5) is 0 Å². The minimum Gasteiger partial charge on any atom is -0.508 e. The number of methoxy groups -OCH3 is 1. The van der Waals surface area contributed by atoms with E-state index in [1.165, 1.54) is 0 Å². The first-order chi connectivity index (χ1) is 14.9. The largest absolute Gasteiger partial charge is 0.508 e. The molecule has 31 heavy (non-hydrogen) atoms. The van der Waals surface area contributed by atoms with E-state index in [0.717, 1.165) is 24.7 Å².